The number of piperazine rings is 1. The predicted molar refractivity (Wildman–Crippen MR) is 90.4 cm³/mol. The monoisotopic (exact) mass is 330 g/mol. The number of hydrogen-bond donors (Lipinski definition) is 1. The first-order chi connectivity index (χ1) is 11.8. The lowest BCUT2D eigenvalue weighted by atomic mass is 9.84. The lowest BCUT2D eigenvalue weighted by Crippen LogP contribution is -2.51. The second-order valence-electron chi connectivity index (χ2n) is 7.15. The maximum Gasteiger partial charge on any atom is 0.242 e. The first-order valence-electron chi connectivity index (χ1n) is 9.10. The van der Waals surface area contributed by atoms with Gasteiger partial charge >= 0.3 is 0 Å². The number of benzene rings is 1. The van der Waals surface area contributed by atoms with Crippen LogP contribution >= 0.6 is 0 Å². The first kappa shape index (κ1) is 16.1. The summed E-state index contributed by atoms with van der Waals surface area (Å²) >= 11 is 0. The van der Waals surface area contributed by atoms with Gasteiger partial charge in [-0.25, -0.2) is 0 Å². The molecule has 0 bridgehead atoms. The molecular weight excluding hydrogens is 304 g/mol. The number of nitrogens with zero attached hydrogens (tertiary/aromatic N) is 1. The standard InChI is InChI=1S/C19H26N2O3/c22-18-17(16-4-2-1-3-5-16)21(11-10-20-18)14-15-6-8-19(9-7-15)23-12-13-24-19/h1-5,15,17H,6-14H2,(H,20,22). The van der Waals surface area contributed by atoms with Crippen LogP contribution in [0.2, 0.25) is 0 Å². The van der Waals surface area contributed by atoms with Crippen molar-refractivity contribution < 1.29 is 14.3 Å². The number of amides is 1. The van der Waals surface area contributed by atoms with E-state index in [4.69, 9.17) is 9.47 Å². The molecule has 5 heteroatoms. The molecule has 0 radical (unpaired) electrons. The van der Waals surface area contributed by atoms with Gasteiger partial charge in [-0.3, -0.25) is 9.69 Å². The molecule has 24 heavy (non-hydrogen) atoms. The minimum Gasteiger partial charge on any atom is -0.353 e. The zero-order valence-electron chi connectivity index (χ0n) is 14.1. The van der Waals surface area contributed by atoms with E-state index < -0.39 is 0 Å². The molecule has 3 fully saturated rings. The van der Waals surface area contributed by atoms with E-state index >= 15 is 0 Å². The van der Waals surface area contributed by atoms with Crippen molar-refractivity contribution in [3.63, 3.8) is 0 Å². The molecule has 2 aliphatic heterocycles. The molecule has 4 rings (SSSR count). The lowest BCUT2D eigenvalue weighted by molar-refractivity contribution is -0.183. The minimum atomic E-state index is -0.297. The summed E-state index contributed by atoms with van der Waals surface area (Å²) in [6, 6.07) is 9.96. The highest BCUT2D eigenvalue weighted by Crippen LogP contribution is 2.39. The molecule has 2 heterocycles. The number of nitrogens with one attached hydrogen (secondary N) is 1. The maximum atomic E-state index is 12.5. The second kappa shape index (κ2) is 6.82. The van der Waals surface area contributed by atoms with Crippen LogP contribution in [0.3, 0.4) is 0 Å². The van der Waals surface area contributed by atoms with Crippen molar-refractivity contribution in [2.24, 2.45) is 5.92 Å². The zero-order chi connectivity index (χ0) is 16.4. The second-order valence-corrected chi connectivity index (χ2v) is 7.15. The van der Waals surface area contributed by atoms with Gasteiger partial charge in [0.15, 0.2) is 5.79 Å². The molecule has 1 N–H and O–H groups in total. The molecule has 1 aliphatic carbocycles. The number of hydrogen-bond acceptors (Lipinski definition) is 4. The Bertz CT molecular complexity index is 561. The van der Waals surface area contributed by atoms with Gasteiger partial charge in [-0.2, -0.15) is 0 Å². The fourth-order valence-electron chi connectivity index (χ4n) is 4.33. The molecule has 130 valence electrons. The van der Waals surface area contributed by atoms with Crippen LogP contribution in [0.5, 0.6) is 0 Å². The highest BCUT2D eigenvalue weighted by Gasteiger charge is 2.41. The van der Waals surface area contributed by atoms with Gasteiger partial charge in [-0.15, -0.1) is 0 Å². The SMILES string of the molecule is O=C1NCCN(CC2CCC3(CC2)OCCO3)C1c1ccccc1. The van der Waals surface area contributed by atoms with Crippen molar-refractivity contribution in [1.29, 1.82) is 0 Å². The third-order valence-corrected chi connectivity index (χ3v) is 5.60. The Morgan fingerprint density at radius 3 is 2.54 bits per heavy atom. The van der Waals surface area contributed by atoms with E-state index in [2.05, 4.69) is 22.3 Å². The predicted octanol–water partition coefficient (Wildman–Crippen LogP) is 2.09. The van der Waals surface area contributed by atoms with Crippen molar-refractivity contribution in [3.8, 4) is 0 Å². The molecule has 1 aromatic rings. The summed E-state index contributed by atoms with van der Waals surface area (Å²) in [5, 5.41) is 3.02. The highest BCUT2D eigenvalue weighted by molar-refractivity contribution is 5.83. The van der Waals surface area contributed by atoms with Crippen LogP contribution in [0.15, 0.2) is 30.3 Å². The molecule has 1 amide bonds. The maximum absolute atomic E-state index is 12.5. The molecule has 1 aromatic carbocycles. The topological polar surface area (TPSA) is 50.8 Å². The van der Waals surface area contributed by atoms with E-state index in [1.54, 1.807) is 0 Å². The van der Waals surface area contributed by atoms with E-state index in [1.165, 1.54) is 0 Å². The molecule has 1 saturated carbocycles. The quantitative estimate of drug-likeness (QED) is 0.922. The normalized spacial score (nSPS) is 28.2. The summed E-state index contributed by atoms with van der Waals surface area (Å²) in [5.41, 5.74) is 1.09. The van der Waals surface area contributed by atoms with Crippen LogP contribution in [-0.2, 0) is 14.3 Å². The van der Waals surface area contributed by atoms with Crippen LogP contribution in [0.25, 0.3) is 0 Å². The smallest absolute Gasteiger partial charge is 0.242 e. The Morgan fingerprint density at radius 2 is 1.83 bits per heavy atom. The molecule has 2 saturated heterocycles. The Morgan fingerprint density at radius 1 is 1.12 bits per heavy atom. The van der Waals surface area contributed by atoms with Gasteiger partial charge < -0.3 is 14.8 Å². The van der Waals surface area contributed by atoms with E-state index in [-0.39, 0.29) is 17.7 Å². The molecule has 1 spiro atoms. The van der Waals surface area contributed by atoms with E-state index in [1.807, 2.05) is 18.2 Å². The molecular formula is C19H26N2O3. The summed E-state index contributed by atoms with van der Waals surface area (Å²) in [5.74, 6) is 0.442. The van der Waals surface area contributed by atoms with Gasteiger partial charge in [0.25, 0.3) is 0 Å². The number of rotatable bonds is 3. The third kappa shape index (κ3) is 3.21. The Labute approximate surface area is 143 Å². The summed E-state index contributed by atoms with van der Waals surface area (Å²) in [6.45, 7) is 4.09. The lowest BCUT2D eigenvalue weighted by Gasteiger charge is -2.41. The van der Waals surface area contributed by atoms with Crippen molar-refractivity contribution >= 4 is 5.91 Å². The van der Waals surface area contributed by atoms with Crippen molar-refractivity contribution in [1.82, 2.24) is 10.2 Å². The van der Waals surface area contributed by atoms with Gasteiger partial charge in [0.2, 0.25) is 5.91 Å². The average Bonchev–Trinajstić information content (AvgIpc) is 3.06. The molecule has 3 aliphatic rings. The number of carbonyl (C=O) groups is 1. The van der Waals surface area contributed by atoms with Gasteiger partial charge in [0.05, 0.1) is 13.2 Å². The largest absolute Gasteiger partial charge is 0.353 e. The number of ether oxygens (including phenoxy) is 2. The van der Waals surface area contributed by atoms with Gasteiger partial charge in [-0.1, -0.05) is 30.3 Å². The van der Waals surface area contributed by atoms with Crippen molar-refractivity contribution in [2.45, 2.75) is 37.5 Å². The average molecular weight is 330 g/mol. The fraction of sp³-hybridized carbons (Fsp3) is 0.632. The molecule has 5 nitrogen and oxygen atoms in total. The summed E-state index contributed by atoms with van der Waals surface area (Å²) in [7, 11) is 0. The van der Waals surface area contributed by atoms with Crippen LogP contribution in [0.4, 0.5) is 0 Å². The summed E-state index contributed by atoms with van der Waals surface area (Å²) < 4.78 is 11.7. The highest BCUT2D eigenvalue weighted by atomic mass is 16.7. The summed E-state index contributed by atoms with van der Waals surface area (Å²) in [6.07, 6.45) is 4.18. The summed E-state index contributed by atoms with van der Waals surface area (Å²) in [4.78, 5) is 14.8. The molecule has 1 atom stereocenters. The Kier molecular flexibility index (Phi) is 4.57. The van der Waals surface area contributed by atoms with Crippen molar-refractivity contribution in [3.05, 3.63) is 35.9 Å². The van der Waals surface area contributed by atoms with Gasteiger partial charge in [0.1, 0.15) is 6.04 Å². The van der Waals surface area contributed by atoms with E-state index in [0.29, 0.717) is 5.92 Å². The van der Waals surface area contributed by atoms with E-state index in [9.17, 15) is 4.79 Å². The Balaban J connectivity index is 1.42. The van der Waals surface area contributed by atoms with Crippen LogP contribution in [0.1, 0.15) is 37.3 Å². The minimum absolute atomic E-state index is 0.127. The first-order valence-corrected chi connectivity index (χ1v) is 9.10. The van der Waals surface area contributed by atoms with Crippen molar-refractivity contribution in [2.75, 3.05) is 32.8 Å². The molecule has 0 aromatic heterocycles. The Hall–Kier alpha value is -1.43. The van der Waals surface area contributed by atoms with Crippen LogP contribution in [0, 0.1) is 5.92 Å². The molecule has 1 unspecified atom stereocenters. The van der Waals surface area contributed by atoms with Crippen LogP contribution in [-0.4, -0.2) is 49.4 Å². The third-order valence-electron chi connectivity index (χ3n) is 5.60. The van der Waals surface area contributed by atoms with Gasteiger partial charge in [-0.05, 0) is 24.3 Å². The van der Waals surface area contributed by atoms with Crippen LogP contribution < -0.4 is 5.32 Å². The van der Waals surface area contributed by atoms with Gasteiger partial charge in [0, 0.05) is 32.5 Å². The van der Waals surface area contributed by atoms with E-state index in [0.717, 1.165) is 64.1 Å². The fourth-order valence-corrected chi connectivity index (χ4v) is 4.33. The number of carbonyl (C=O) groups excluding carboxylic acids is 1. The zero-order valence-corrected chi connectivity index (χ0v) is 14.1.